The van der Waals surface area contributed by atoms with Crippen molar-refractivity contribution in [3.63, 3.8) is 0 Å². The van der Waals surface area contributed by atoms with Crippen LogP contribution in [0.3, 0.4) is 0 Å². The maximum Gasteiger partial charge on any atom is 0.416 e. The second kappa shape index (κ2) is 4.80. The van der Waals surface area contributed by atoms with E-state index in [1.165, 1.54) is 0 Å². The van der Waals surface area contributed by atoms with E-state index >= 15 is 0 Å². The predicted octanol–water partition coefficient (Wildman–Crippen LogP) is 2.19. The van der Waals surface area contributed by atoms with Crippen molar-refractivity contribution in [2.45, 2.75) is 18.6 Å². The number of hydrogen-bond acceptors (Lipinski definition) is 2. The second-order valence-electron chi connectivity index (χ2n) is 3.38. The van der Waals surface area contributed by atoms with Gasteiger partial charge in [0.1, 0.15) is 5.82 Å². The number of rotatable bonds is 3. The molecule has 0 bridgehead atoms. The smallest absolute Gasteiger partial charge is 0.330 e. The minimum atomic E-state index is -4.61. The average molecular weight is 236 g/mol. The van der Waals surface area contributed by atoms with Crippen LogP contribution in [0.5, 0.6) is 0 Å². The molecule has 1 aromatic rings. The van der Waals surface area contributed by atoms with Crippen molar-refractivity contribution in [2.75, 3.05) is 6.54 Å². The molecule has 0 fully saturated rings. The highest BCUT2D eigenvalue weighted by atomic mass is 19.4. The summed E-state index contributed by atoms with van der Waals surface area (Å²) in [6.45, 7) is 0.104. The van der Waals surface area contributed by atoms with Crippen LogP contribution in [-0.2, 0) is 6.18 Å². The molecule has 0 aliphatic carbocycles. The molecule has 90 valence electrons. The lowest BCUT2D eigenvalue weighted by Gasteiger charge is -2.18. The number of hydrogen-bond donors (Lipinski definition) is 2. The summed E-state index contributed by atoms with van der Waals surface area (Å²) in [4.78, 5) is 0. The lowest BCUT2D eigenvalue weighted by Crippen LogP contribution is -2.21. The number of halogens is 4. The number of alkyl halides is 3. The summed E-state index contributed by atoms with van der Waals surface area (Å²) in [7, 11) is 0. The van der Waals surface area contributed by atoms with Crippen molar-refractivity contribution in [1.82, 2.24) is 0 Å². The molecule has 4 N–H and O–H groups in total. The largest absolute Gasteiger partial charge is 0.416 e. The first-order valence-electron chi connectivity index (χ1n) is 4.69. The molecule has 0 saturated carbocycles. The molecule has 0 aromatic heterocycles. The highest BCUT2D eigenvalue weighted by Gasteiger charge is 2.35. The molecule has 0 unspecified atom stereocenters. The van der Waals surface area contributed by atoms with Crippen LogP contribution in [0.4, 0.5) is 17.6 Å². The van der Waals surface area contributed by atoms with Crippen LogP contribution in [-0.4, -0.2) is 6.54 Å². The Balaban J connectivity index is 3.24. The Labute approximate surface area is 90.2 Å². The van der Waals surface area contributed by atoms with Gasteiger partial charge in [0.05, 0.1) is 5.56 Å². The van der Waals surface area contributed by atoms with Crippen LogP contribution in [0.1, 0.15) is 23.6 Å². The third kappa shape index (κ3) is 2.70. The molecular formula is C10H12F4N2. The fourth-order valence-electron chi connectivity index (χ4n) is 1.48. The average Bonchev–Trinajstić information content (AvgIpc) is 2.16. The Morgan fingerprint density at radius 1 is 1.25 bits per heavy atom. The van der Waals surface area contributed by atoms with Crippen LogP contribution in [0, 0.1) is 5.82 Å². The second-order valence-corrected chi connectivity index (χ2v) is 3.38. The molecule has 0 saturated heterocycles. The van der Waals surface area contributed by atoms with Gasteiger partial charge >= 0.3 is 6.18 Å². The topological polar surface area (TPSA) is 52.0 Å². The summed E-state index contributed by atoms with van der Waals surface area (Å²) in [5, 5.41) is 0. The van der Waals surface area contributed by atoms with Gasteiger partial charge in [-0.3, -0.25) is 0 Å². The molecule has 0 radical (unpaired) electrons. The third-order valence-corrected chi connectivity index (χ3v) is 2.21. The maximum absolute atomic E-state index is 13.3. The lowest BCUT2D eigenvalue weighted by atomic mass is 9.97. The highest BCUT2D eigenvalue weighted by molar-refractivity contribution is 5.33. The van der Waals surface area contributed by atoms with Crippen LogP contribution < -0.4 is 11.5 Å². The van der Waals surface area contributed by atoms with Gasteiger partial charge in [0.2, 0.25) is 0 Å². The molecule has 2 nitrogen and oxygen atoms in total. The fraction of sp³-hybridized carbons (Fsp3) is 0.400. The van der Waals surface area contributed by atoms with Crippen LogP contribution >= 0.6 is 0 Å². The van der Waals surface area contributed by atoms with Crippen LogP contribution in [0.2, 0.25) is 0 Å². The molecule has 0 aliphatic rings. The SMILES string of the molecule is NCC[C@@H](N)c1c(F)cccc1C(F)(F)F. The Morgan fingerprint density at radius 2 is 1.88 bits per heavy atom. The van der Waals surface area contributed by atoms with Gasteiger partial charge in [0.25, 0.3) is 0 Å². The van der Waals surface area contributed by atoms with Gasteiger partial charge in [-0.15, -0.1) is 0 Å². The standard InChI is InChI=1S/C10H12F4N2/c11-7-3-1-2-6(10(12,13)14)9(7)8(16)4-5-15/h1-3,8H,4-5,15-16H2/t8-/m1/s1. The number of nitrogens with two attached hydrogens (primary N) is 2. The summed E-state index contributed by atoms with van der Waals surface area (Å²) in [5.74, 6) is -0.948. The van der Waals surface area contributed by atoms with Gasteiger partial charge in [0, 0.05) is 11.6 Å². The Bertz CT molecular complexity index is 362. The van der Waals surface area contributed by atoms with Crippen molar-refractivity contribution >= 4 is 0 Å². The zero-order valence-corrected chi connectivity index (χ0v) is 8.39. The first-order chi connectivity index (χ1) is 7.38. The summed E-state index contributed by atoms with van der Waals surface area (Å²) >= 11 is 0. The summed E-state index contributed by atoms with van der Waals surface area (Å²) < 4.78 is 51.1. The van der Waals surface area contributed by atoms with Gasteiger partial charge < -0.3 is 11.5 Å². The van der Waals surface area contributed by atoms with E-state index in [9.17, 15) is 17.6 Å². The van der Waals surface area contributed by atoms with Gasteiger partial charge in [-0.2, -0.15) is 13.2 Å². The molecule has 1 rings (SSSR count). The van der Waals surface area contributed by atoms with Gasteiger partial charge in [-0.1, -0.05) is 6.07 Å². The molecular weight excluding hydrogens is 224 g/mol. The molecule has 16 heavy (non-hydrogen) atoms. The molecule has 0 amide bonds. The van der Waals surface area contributed by atoms with Crippen molar-refractivity contribution in [3.05, 3.63) is 35.1 Å². The molecule has 0 aliphatic heterocycles. The van der Waals surface area contributed by atoms with E-state index in [0.717, 1.165) is 18.2 Å². The Hall–Kier alpha value is -1.14. The summed E-state index contributed by atoms with van der Waals surface area (Å²) in [6.07, 6.45) is -4.51. The zero-order chi connectivity index (χ0) is 12.3. The molecule has 0 spiro atoms. The molecule has 0 heterocycles. The normalized spacial score (nSPS) is 13.9. The van der Waals surface area contributed by atoms with Crippen molar-refractivity contribution in [1.29, 1.82) is 0 Å². The summed E-state index contributed by atoms with van der Waals surface area (Å²) in [6, 6.07) is 1.75. The van der Waals surface area contributed by atoms with E-state index in [2.05, 4.69) is 0 Å². The van der Waals surface area contributed by atoms with E-state index < -0.39 is 29.2 Å². The highest BCUT2D eigenvalue weighted by Crippen LogP contribution is 2.35. The van der Waals surface area contributed by atoms with Crippen molar-refractivity contribution < 1.29 is 17.6 Å². The Morgan fingerprint density at radius 3 is 2.38 bits per heavy atom. The van der Waals surface area contributed by atoms with Gasteiger partial charge in [0.15, 0.2) is 0 Å². The first-order valence-corrected chi connectivity index (χ1v) is 4.69. The lowest BCUT2D eigenvalue weighted by molar-refractivity contribution is -0.138. The van der Waals surface area contributed by atoms with E-state index in [1.807, 2.05) is 0 Å². The van der Waals surface area contributed by atoms with E-state index in [-0.39, 0.29) is 13.0 Å². The minimum Gasteiger partial charge on any atom is -0.330 e. The van der Waals surface area contributed by atoms with Crippen LogP contribution in [0.15, 0.2) is 18.2 Å². The third-order valence-electron chi connectivity index (χ3n) is 2.21. The van der Waals surface area contributed by atoms with E-state index in [4.69, 9.17) is 11.5 Å². The van der Waals surface area contributed by atoms with Crippen molar-refractivity contribution in [3.8, 4) is 0 Å². The van der Waals surface area contributed by atoms with E-state index in [1.54, 1.807) is 0 Å². The molecule has 1 aromatic carbocycles. The number of benzene rings is 1. The van der Waals surface area contributed by atoms with Gasteiger partial charge in [-0.25, -0.2) is 4.39 Å². The fourth-order valence-corrected chi connectivity index (χ4v) is 1.48. The minimum absolute atomic E-state index is 0.101. The quantitative estimate of drug-likeness (QED) is 0.790. The Kier molecular flexibility index (Phi) is 3.88. The molecule has 1 atom stereocenters. The predicted molar refractivity (Wildman–Crippen MR) is 52.0 cm³/mol. The summed E-state index contributed by atoms with van der Waals surface area (Å²) in [5.41, 5.74) is 9.13. The monoisotopic (exact) mass is 236 g/mol. The maximum atomic E-state index is 13.3. The van der Waals surface area contributed by atoms with Crippen LogP contribution in [0.25, 0.3) is 0 Å². The zero-order valence-electron chi connectivity index (χ0n) is 8.39. The first kappa shape index (κ1) is 12.9. The molecule has 6 heteroatoms. The van der Waals surface area contributed by atoms with Gasteiger partial charge in [-0.05, 0) is 25.1 Å². The van der Waals surface area contributed by atoms with Crippen molar-refractivity contribution in [2.24, 2.45) is 11.5 Å². The van der Waals surface area contributed by atoms with E-state index in [0.29, 0.717) is 0 Å².